The van der Waals surface area contributed by atoms with Crippen molar-refractivity contribution in [2.24, 2.45) is 0 Å². The van der Waals surface area contributed by atoms with E-state index in [1.165, 1.54) is 0 Å². The summed E-state index contributed by atoms with van der Waals surface area (Å²) >= 11 is 1.72. The van der Waals surface area contributed by atoms with Crippen LogP contribution in [0.25, 0.3) is 0 Å². The fourth-order valence-corrected chi connectivity index (χ4v) is 2.85. The number of aromatic nitrogens is 2. The third-order valence-corrected chi connectivity index (χ3v) is 4.41. The molecular weight excluding hydrogens is 258 g/mol. The Labute approximate surface area is 119 Å². The van der Waals surface area contributed by atoms with Crippen molar-refractivity contribution in [1.82, 2.24) is 15.3 Å². The van der Waals surface area contributed by atoms with Gasteiger partial charge in [0.25, 0.3) is 0 Å². The van der Waals surface area contributed by atoms with Crippen molar-refractivity contribution in [2.75, 3.05) is 6.61 Å². The summed E-state index contributed by atoms with van der Waals surface area (Å²) < 4.78 is 5.55. The molecule has 0 spiro atoms. The lowest BCUT2D eigenvalue weighted by Crippen LogP contribution is -2.35. The van der Waals surface area contributed by atoms with Gasteiger partial charge in [0, 0.05) is 41.9 Å². The number of hydrogen-bond donors (Lipinski definition) is 1. The highest BCUT2D eigenvalue weighted by atomic mass is 32.2. The van der Waals surface area contributed by atoms with Gasteiger partial charge in [0.1, 0.15) is 0 Å². The SMILES string of the molecule is CC1OCCC1Sc1ncc(CNC(C)(C)C)cn1. The maximum absolute atomic E-state index is 5.55. The first-order chi connectivity index (χ1) is 8.94. The minimum atomic E-state index is 0.115. The van der Waals surface area contributed by atoms with Crippen LogP contribution in [0.4, 0.5) is 0 Å². The van der Waals surface area contributed by atoms with Gasteiger partial charge < -0.3 is 10.1 Å². The molecule has 106 valence electrons. The number of rotatable bonds is 4. The van der Waals surface area contributed by atoms with E-state index in [-0.39, 0.29) is 5.54 Å². The van der Waals surface area contributed by atoms with E-state index in [0.717, 1.165) is 30.3 Å². The van der Waals surface area contributed by atoms with Crippen molar-refractivity contribution in [3.8, 4) is 0 Å². The molecule has 4 nitrogen and oxygen atoms in total. The number of thioether (sulfide) groups is 1. The first-order valence-corrected chi connectivity index (χ1v) is 7.66. The summed E-state index contributed by atoms with van der Waals surface area (Å²) in [7, 11) is 0. The van der Waals surface area contributed by atoms with Crippen LogP contribution in [0.15, 0.2) is 17.6 Å². The molecule has 1 saturated heterocycles. The van der Waals surface area contributed by atoms with Crippen LogP contribution in [0.1, 0.15) is 39.7 Å². The summed E-state index contributed by atoms with van der Waals surface area (Å²) in [5, 5.41) is 4.76. The Hall–Kier alpha value is -0.650. The van der Waals surface area contributed by atoms with E-state index in [1.807, 2.05) is 12.4 Å². The summed E-state index contributed by atoms with van der Waals surface area (Å²) in [4.78, 5) is 8.87. The average Bonchev–Trinajstić information content (AvgIpc) is 2.73. The van der Waals surface area contributed by atoms with Crippen LogP contribution in [-0.2, 0) is 11.3 Å². The molecule has 1 aliphatic heterocycles. The Morgan fingerprint density at radius 1 is 1.37 bits per heavy atom. The minimum absolute atomic E-state index is 0.115. The molecule has 2 atom stereocenters. The molecular formula is C14H23N3OS. The summed E-state index contributed by atoms with van der Waals surface area (Å²) in [6.07, 6.45) is 5.21. The van der Waals surface area contributed by atoms with Crippen LogP contribution in [-0.4, -0.2) is 33.5 Å². The Morgan fingerprint density at radius 3 is 2.58 bits per heavy atom. The first-order valence-electron chi connectivity index (χ1n) is 6.78. The monoisotopic (exact) mass is 281 g/mol. The smallest absolute Gasteiger partial charge is 0.187 e. The van der Waals surface area contributed by atoms with Crippen molar-refractivity contribution < 1.29 is 4.74 Å². The second-order valence-corrected chi connectivity index (χ2v) is 7.20. The van der Waals surface area contributed by atoms with Crippen LogP contribution < -0.4 is 5.32 Å². The molecule has 1 N–H and O–H groups in total. The number of ether oxygens (including phenoxy) is 1. The van der Waals surface area contributed by atoms with Gasteiger partial charge in [-0.05, 0) is 34.1 Å². The fourth-order valence-electron chi connectivity index (χ4n) is 1.86. The highest BCUT2D eigenvalue weighted by Gasteiger charge is 2.25. The molecule has 2 rings (SSSR count). The Morgan fingerprint density at radius 2 is 2.05 bits per heavy atom. The van der Waals surface area contributed by atoms with E-state index in [0.29, 0.717) is 11.4 Å². The van der Waals surface area contributed by atoms with Gasteiger partial charge >= 0.3 is 0 Å². The lowest BCUT2D eigenvalue weighted by Gasteiger charge is -2.20. The van der Waals surface area contributed by atoms with Crippen LogP contribution in [0.5, 0.6) is 0 Å². The van der Waals surface area contributed by atoms with Gasteiger partial charge in [0.05, 0.1) is 6.10 Å². The molecule has 0 aliphatic carbocycles. The molecule has 0 saturated carbocycles. The quantitative estimate of drug-likeness (QED) is 0.860. The molecule has 1 aromatic rings. The second kappa shape index (κ2) is 6.20. The standard InChI is InChI=1S/C14H23N3OS/c1-10-12(5-6-18-10)19-13-15-7-11(8-16-13)9-17-14(2,3)4/h7-8,10,12,17H,5-6,9H2,1-4H3. The fraction of sp³-hybridized carbons (Fsp3) is 0.714. The summed E-state index contributed by atoms with van der Waals surface area (Å²) in [6, 6.07) is 0. The van der Waals surface area contributed by atoms with Gasteiger partial charge in [0.2, 0.25) is 0 Å². The molecule has 0 amide bonds. The van der Waals surface area contributed by atoms with Crippen LogP contribution >= 0.6 is 11.8 Å². The van der Waals surface area contributed by atoms with Crippen LogP contribution in [0, 0.1) is 0 Å². The molecule has 1 aliphatic rings. The van der Waals surface area contributed by atoms with Gasteiger partial charge in [0.15, 0.2) is 5.16 Å². The van der Waals surface area contributed by atoms with Crippen LogP contribution in [0.2, 0.25) is 0 Å². The average molecular weight is 281 g/mol. The minimum Gasteiger partial charge on any atom is -0.377 e. The topological polar surface area (TPSA) is 47.0 Å². The molecule has 1 fully saturated rings. The first kappa shape index (κ1) is 14.8. The zero-order valence-electron chi connectivity index (χ0n) is 12.1. The van der Waals surface area contributed by atoms with E-state index in [9.17, 15) is 0 Å². The van der Waals surface area contributed by atoms with Gasteiger partial charge in [-0.3, -0.25) is 0 Å². The Balaban J connectivity index is 1.87. The van der Waals surface area contributed by atoms with E-state index in [1.54, 1.807) is 11.8 Å². The molecule has 0 radical (unpaired) electrons. The summed E-state index contributed by atoms with van der Waals surface area (Å²) in [5.74, 6) is 0. The highest BCUT2D eigenvalue weighted by molar-refractivity contribution is 7.99. The zero-order chi connectivity index (χ0) is 13.9. The predicted octanol–water partition coefficient (Wildman–Crippen LogP) is 2.63. The normalized spacial score (nSPS) is 23.8. The van der Waals surface area contributed by atoms with E-state index in [2.05, 4.69) is 43.0 Å². The van der Waals surface area contributed by atoms with Gasteiger partial charge in [-0.1, -0.05) is 11.8 Å². The molecule has 0 aromatic carbocycles. The van der Waals surface area contributed by atoms with Gasteiger partial charge in [-0.15, -0.1) is 0 Å². The zero-order valence-corrected chi connectivity index (χ0v) is 13.0. The van der Waals surface area contributed by atoms with Crippen molar-refractivity contribution in [2.45, 2.75) is 62.7 Å². The maximum atomic E-state index is 5.55. The second-order valence-electron chi connectivity index (χ2n) is 6.00. The molecule has 2 unspecified atom stereocenters. The van der Waals surface area contributed by atoms with Crippen molar-refractivity contribution in [3.63, 3.8) is 0 Å². The Kier molecular flexibility index (Phi) is 4.81. The maximum Gasteiger partial charge on any atom is 0.187 e. The van der Waals surface area contributed by atoms with Gasteiger partial charge in [-0.2, -0.15) is 0 Å². The van der Waals surface area contributed by atoms with Crippen molar-refractivity contribution in [1.29, 1.82) is 0 Å². The third-order valence-electron chi connectivity index (χ3n) is 3.07. The lowest BCUT2D eigenvalue weighted by atomic mass is 10.1. The van der Waals surface area contributed by atoms with E-state index >= 15 is 0 Å². The number of nitrogens with one attached hydrogen (secondary N) is 1. The highest BCUT2D eigenvalue weighted by Crippen LogP contribution is 2.30. The molecule has 1 aromatic heterocycles. The lowest BCUT2D eigenvalue weighted by molar-refractivity contribution is 0.127. The third kappa shape index (κ3) is 4.75. The van der Waals surface area contributed by atoms with E-state index in [4.69, 9.17) is 4.74 Å². The van der Waals surface area contributed by atoms with Crippen molar-refractivity contribution in [3.05, 3.63) is 18.0 Å². The summed E-state index contributed by atoms with van der Waals surface area (Å²) in [6.45, 7) is 10.2. The molecule has 5 heteroatoms. The van der Waals surface area contributed by atoms with E-state index < -0.39 is 0 Å². The molecule has 2 heterocycles. The molecule has 0 bridgehead atoms. The Bertz CT molecular complexity index is 402. The van der Waals surface area contributed by atoms with Gasteiger partial charge in [-0.25, -0.2) is 9.97 Å². The molecule has 19 heavy (non-hydrogen) atoms. The largest absolute Gasteiger partial charge is 0.377 e. The summed E-state index contributed by atoms with van der Waals surface area (Å²) in [5.41, 5.74) is 1.24. The predicted molar refractivity (Wildman–Crippen MR) is 78.3 cm³/mol. The number of nitrogens with zero attached hydrogens (tertiary/aromatic N) is 2. The van der Waals surface area contributed by atoms with Crippen LogP contribution in [0.3, 0.4) is 0 Å². The number of hydrogen-bond acceptors (Lipinski definition) is 5. The van der Waals surface area contributed by atoms with Crippen molar-refractivity contribution >= 4 is 11.8 Å².